The largest absolute Gasteiger partial charge is 0.484 e. The van der Waals surface area contributed by atoms with Gasteiger partial charge in [-0.1, -0.05) is 16.8 Å². The molecule has 0 bridgehead atoms. The molecule has 2 aromatic rings. The lowest BCUT2D eigenvalue weighted by atomic mass is 10.1. The molecular formula is C18H22ClN3O4. The summed E-state index contributed by atoms with van der Waals surface area (Å²) in [6.45, 7) is 6.96. The van der Waals surface area contributed by atoms with Gasteiger partial charge in [-0.2, -0.15) is 0 Å². The van der Waals surface area contributed by atoms with Crippen LogP contribution in [-0.4, -0.2) is 40.6 Å². The van der Waals surface area contributed by atoms with Crippen molar-refractivity contribution in [2.24, 2.45) is 0 Å². The van der Waals surface area contributed by atoms with Crippen molar-refractivity contribution in [3.05, 3.63) is 41.1 Å². The van der Waals surface area contributed by atoms with Crippen LogP contribution in [0.5, 0.6) is 5.75 Å². The first-order valence-electron chi connectivity index (χ1n) is 8.07. The van der Waals surface area contributed by atoms with E-state index in [4.69, 9.17) is 20.9 Å². The maximum Gasteiger partial charge on any atom is 0.261 e. The Morgan fingerprint density at radius 1 is 1.27 bits per heavy atom. The number of amides is 2. The van der Waals surface area contributed by atoms with Crippen molar-refractivity contribution in [2.45, 2.75) is 33.2 Å². The van der Waals surface area contributed by atoms with Crippen LogP contribution in [0, 0.1) is 6.92 Å². The molecule has 2 amide bonds. The van der Waals surface area contributed by atoms with Crippen molar-refractivity contribution < 1.29 is 18.8 Å². The van der Waals surface area contributed by atoms with Gasteiger partial charge >= 0.3 is 0 Å². The molecule has 0 aliphatic rings. The maximum atomic E-state index is 12.6. The second-order valence-electron chi connectivity index (χ2n) is 6.76. The van der Waals surface area contributed by atoms with Crippen LogP contribution in [0.4, 0.5) is 5.82 Å². The Hall–Kier alpha value is -2.54. The van der Waals surface area contributed by atoms with Crippen LogP contribution in [0.3, 0.4) is 0 Å². The summed E-state index contributed by atoms with van der Waals surface area (Å²) in [4.78, 5) is 26.3. The first kappa shape index (κ1) is 19.8. The number of nitrogens with one attached hydrogen (secondary N) is 1. The van der Waals surface area contributed by atoms with Crippen molar-refractivity contribution in [3.63, 3.8) is 0 Å². The van der Waals surface area contributed by atoms with Gasteiger partial charge in [-0.15, -0.1) is 0 Å². The molecule has 0 fully saturated rings. The molecule has 1 aromatic carbocycles. The van der Waals surface area contributed by atoms with Crippen LogP contribution in [-0.2, 0) is 9.59 Å². The Labute approximate surface area is 157 Å². The number of ether oxygens (including phenoxy) is 1. The summed E-state index contributed by atoms with van der Waals surface area (Å²) >= 11 is 5.82. The summed E-state index contributed by atoms with van der Waals surface area (Å²) in [6.07, 6.45) is 0. The lowest BCUT2D eigenvalue weighted by molar-refractivity contribution is -0.141. The summed E-state index contributed by atoms with van der Waals surface area (Å²) in [6, 6.07) is 8.31. The summed E-state index contributed by atoms with van der Waals surface area (Å²) in [7, 11) is 0. The molecule has 26 heavy (non-hydrogen) atoms. The van der Waals surface area contributed by atoms with Gasteiger partial charge in [0.1, 0.15) is 18.1 Å². The first-order valence-corrected chi connectivity index (χ1v) is 8.45. The standard InChI is InChI=1S/C18H22ClN3O4/c1-12-9-15(21-26-12)20-16(23)10-22(18(2,3)4)17(24)11-25-14-7-5-13(19)6-8-14/h5-9H,10-11H2,1-4H3,(H,20,21,23). The average Bonchev–Trinajstić information content (AvgIpc) is 2.95. The highest BCUT2D eigenvalue weighted by Gasteiger charge is 2.29. The van der Waals surface area contributed by atoms with Gasteiger partial charge in [-0.3, -0.25) is 9.59 Å². The zero-order valence-electron chi connectivity index (χ0n) is 15.2. The Morgan fingerprint density at radius 3 is 2.46 bits per heavy atom. The predicted molar refractivity (Wildman–Crippen MR) is 98.3 cm³/mol. The molecule has 1 N–H and O–H groups in total. The first-order chi connectivity index (χ1) is 12.1. The van der Waals surface area contributed by atoms with Gasteiger partial charge in [-0.05, 0) is 52.0 Å². The number of aromatic nitrogens is 1. The maximum absolute atomic E-state index is 12.6. The molecule has 0 radical (unpaired) electrons. The van der Waals surface area contributed by atoms with E-state index in [-0.39, 0.29) is 25.0 Å². The Morgan fingerprint density at radius 2 is 1.92 bits per heavy atom. The van der Waals surface area contributed by atoms with Crippen LogP contribution in [0.15, 0.2) is 34.9 Å². The van der Waals surface area contributed by atoms with E-state index in [9.17, 15) is 9.59 Å². The number of hydrogen-bond donors (Lipinski definition) is 1. The molecule has 0 aliphatic heterocycles. The van der Waals surface area contributed by atoms with Crippen LogP contribution in [0.1, 0.15) is 26.5 Å². The Bertz CT molecular complexity index is 765. The fourth-order valence-corrected chi connectivity index (χ4v) is 2.33. The van der Waals surface area contributed by atoms with E-state index in [1.165, 1.54) is 4.90 Å². The van der Waals surface area contributed by atoms with Crippen molar-refractivity contribution in [3.8, 4) is 5.75 Å². The number of carbonyl (C=O) groups is 2. The van der Waals surface area contributed by atoms with Gasteiger partial charge in [0.25, 0.3) is 5.91 Å². The third-order valence-corrected chi connectivity index (χ3v) is 3.74. The zero-order valence-corrected chi connectivity index (χ0v) is 16.0. The number of aryl methyl sites for hydroxylation is 1. The number of halogens is 1. The minimum atomic E-state index is -0.558. The molecular weight excluding hydrogens is 358 g/mol. The average molecular weight is 380 g/mol. The van der Waals surface area contributed by atoms with Gasteiger partial charge in [0.05, 0.1) is 0 Å². The van der Waals surface area contributed by atoms with Crippen LogP contribution in [0.2, 0.25) is 5.02 Å². The Kier molecular flexibility index (Phi) is 6.26. The highest BCUT2D eigenvalue weighted by Crippen LogP contribution is 2.17. The second kappa shape index (κ2) is 8.23. The molecule has 1 aromatic heterocycles. The van der Waals surface area contributed by atoms with Gasteiger partial charge < -0.3 is 19.5 Å². The van der Waals surface area contributed by atoms with E-state index in [2.05, 4.69) is 10.5 Å². The van der Waals surface area contributed by atoms with Gasteiger partial charge in [0.15, 0.2) is 12.4 Å². The van der Waals surface area contributed by atoms with Crippen molar-refractivity contribution in [2.75, 3.05) is 18.5 Å². The highest BCUT2D eigenvalue weighted by molar-refractivity contribution is 6.30. The summed E-state index contributed by atoms with van der Waals surface area (Å²) in [5.41, 5.74) is -0.558. The molecule has 7 nitrogen and oxygen atoms in total. The van der Waals surface area contributed by atoms with E-state index in [0.29, 0.717) is 22.4 Å². The zero-order chi connectivity index (χ0) is 19.3. The summed E-state index contributed by atoms with van der Waals surface area (Å²) < 4.78 is 10.4. The molecule has 0 aliphatic carbocycles. The molecule has 0 saturated carbocycles. The van der Waals surface area contributed by atoms with Crippen LogP contribution >= 0.6 is 11.6 Å². The number of anilines is 1. The van der Waals surface area contributed by atoms with E-state index in [0.717, 1.165) is 0 Å². The van der Waals surface area contributed by atoms with Gasteiger partial charge in [-0.25, -0.2) is 0 Å². The third kappa shape index (κ3) is 5.77. The second-order valence-corrected chi connectivity index (χ2v) is 7.20. The molecule has 1 heterocycles. The molecule has 140 valence electrons. The minimum Gasteiger partial charge on any atom is -0.484 e. The molecule has 8 heteroatoms. The summed E-state index contributed by atoms with van der Waals surface area (Å²) in [5.74, 6) is 0.748. The number of carbonyl (C=O) groups excluding carboxylic acids is 2. The Balaban J connectivity index is 1.98. The number of hydrogen-bond acceptors (Lipinski definition) is 5. The fourth-order valence-electron chi connectivity index (χ4n) is 2.20. The van der Waals surface area contributed by atoms with E-state index in [1.54, 1.807) is 37.3 Å². The predicted octanol–water partition coefficient (Wildman–Crippen LogP) is 3.28. The van der Waals surface area contributed by atoms with Crippen LogP contribution in [0.25, 0.3) is 0 Å². The van der Waals surface area contributed by atoms with E-state index in [1.807, 2.05) is 20.8 Å². The normalized spacial score (nSPS) is 11.1. The molecule has 2 rings (SSSR count). The SMILES string of the molecule is Cc1cc(NC(=O)CN(C(=O)COc2ccc(Cl)cc2)C(C)(C)C)no1. The molecule has 0 atom stereocenters. The van der Waals surface area contributed by atoms with Crippen molar-refractivity contribution >= 4 is 29.2 Å². The number of rotatable bonds is 6. The quantitative estimate of drug-likeness (QED) is 0.832. The highest BCUT2D eigenvalue weighted by atomic mass is 35.5. The topological polar surface area (TPSA) is 84.7 Å². The smallest absolute Gasteiger partial charge is 0.261 e. The lowest BCUT2D eigenvalue weighted by Crippen LogP contribution is -2.51. The van der Waals surface area contributed by atoms with Crippen molar-refractivity contribution in [1.82, 2.24) is 10.1 Å². The van der Waals surface area contributed by atoms with Gasteiger partial charge in [0.2, 0.25) is 5.91 Å². The fraction of sp³-hybridized carbons (Fsp3) is 0.389. The third-order valence-electron chi connectivity index (χ3n) is 3.48. The molecule has 0 spiro atoms. The van der Waals surface area contributed by atoms with E-state index < -0.39 is 5.54 Å². The summed E-state index contributed by atoms with van der Waals surface area (Å²) in [5, 5.41) is 6.90. The van der Waals surface area contributed by atoms with Crippen LogP contribution < -0.4 is 10.1 Å². The molecule has 0 saturated heterocycles. The number of benzene rings is 1. The van der Waals surface area contributed by atoms with E-state index >= 15 is 0 Å². The van der Waals surface area contributed by atoms with Gasteiger partial charge in [0, 0.05) is 16.6 Å². The lowest BCUT2D eigenvalue weighted by Gasteiger charge is -2.35. The number of nitrogens with zero attached hydrogens (tertiary/aromatic N) is 2. The monoisotopic (exact) mass is 379 g/mol. The molecule has 0 unspecified atom stereocenters. The van der Waals surface area contributed by atoms with Crippen molar-refractivity contribution in [1.29, 1.82) is 0 Å². The minimum absolute atomic E-state index is 0.127.